The van der Waals surface area contributed by atoms with Crippen LogP contribution in [0.1, 0.15) is 28.9 Å². The summed E-state index contributed by atoms with van der Waals surface area (Å²) in [5.41, 5.74) is 10.4. The zero-order chi connectivity index (χ0) is 22.5. The second-order valence-corrected chi connectivity index (χ2v) is 7.50. The van der Waals surface area contributed by atoms with E-state index in [1.807, 2.05) is 12.1 Å². The molecule has 0 aliphatic heterocycles. The highest BCUT2D eigenvalue weighted by molar-refractivity contribution is 5.92. The zero-order valence-electron chi connectivity index (χ0n) is 16.6. The summed E-state index contributed by atoms with van der Waals surface area (Å²) >= 11 is 0. The van der Waals surface area contributed by atoms with Crippen molar-refractivity contribution in [1.29, 1.82) is 0 Å². The molecule has 1 amide bonds. The number of benzene rings is 1. The second-order valence-electron chi connectivity index (χ2n) is 7.50. The highest BCUT2D eigenvalue weighted by atomic mass is 19.4. The first-order valence-electron chi connectivity index (χ1n) is 9.86. The van der Waals surface area contributed by atoms with Crippen LogP contribution in [0.15, 0.2) is 41.3 Å². The molecule has 164 valence electrons. The summed E-state index contributed by atoms with van der Waals surface area (Å²) in [4.78, 5) is 24.0. The highest BCUT2D eigenvalue weighted by Gasteiger charge is 2.35. The topological polar surface area (TPSA) is 112 Å². The van der Waals surface area contributed by atoms with Crippen LogP contribution < -0.4 is 11.1 Å². The molecule has 4 aromatic rings. The van der Waals surface area contributed by atoms with E-state index >= 15 is 0 Å². The van der Waals surface area contributed by atoms with Gasteiger partial charge in [0.1, 0.15) is 18.1 Å². The molecule has 0 atom stereocenters. The molecule has 8 nitrogen and oxygen atoms in total. The molecule has 0 fully saturated rings. The number of rotatable bonds is 4. The summed E-state index contributed by atoms with van der Waals surface area (Å²) in [5.74, 6) is -0.143. The van der Waals surface area contributed by atoms with Gasteiger partial charge in [0.25, 0.3) is 0 Å². The molecule has 0 saturated heterocycles. The number of carbonyl (C=O) groups is 1. The van der Waals surface area contributed by atoms with Crippen molar-refractivity contribution < 1.29 is 22.4 Å². The average Bonchev–Trinajstić information content (AvgIpc) is 3.45. The number of nitrogens with zero attached hydrogens (tertiary/aromatic N) is 4. The SMILES string of the molecule is Nc1ncnc2c3c(n(-c4ccc(CC(=O)Nc5nc(C(F)(F)F)co5)cc4)c12)CCC3. The van der Waals surface area contributed by atoms with E-state index in [2.05, 4.69) is 29.3 Å². The lowest BCUT2D eigenvalue weighted by atomic mass is 10.1. The lowest BCUT2D eigenvalue weighted by Gasteiger charge is -2.11. The van der Waals surface area contributed by atoms with Gasteiger partial charge in [0.2, 0.25) is 5.91 Å². The van der Waals surface area contributed by atoms with Crippen molar-refractivity contribution in [2.24, 2.45) is 0 Å². The Labute approximate surface area is 179 Å². The van der Waals surface area contributed by atoms with Crippen LogP contribution in [-0.2, 0) is 30.2 Å². The number of hydrogen-bond acceptors (Lipinski definition) is 6. The van der Waals surface area contributed by atoms with Gasteiger partial charge >= 0.3 is 12.2 Å². The van der Waals surface area contributed by atoms with Crippen LogP contribution in [0.3, 0.4) is 0 Å². The zero-order valence-corrected chi connectivity index (χ0v) is 16.6. The Bertz CT molecular complexity index is 1320. The molecule has 1 aliphatic carbocycles. The van der Waals surface area contributed by atoms with Crippen LogP contribution in [0.5, 0.6) is 0 Å². The number of alkyl halides is 3. The first-order chi connectivity index (χ1) is 15.3. The number of aryl methyl sites for hydroxylation is 1. The number of nitrogens with one attached hydrogen (secondary N) is 1. The Balaban J connectivity index is 1.37. The fourth-order valence-electron chi connectivity index (χ4n) is 4.06. The largest absolute Gasteiger partial charge is 0.436 e. The molecular weight excluding hydrogens is 425 g/mol. The number of carbonyl (C=O) groups excluding carboxylic acids is 1. The molecule has 1 aliphatic rings. The Morgan fingerprint density at radius 1 is 1.19 bits per heavy atom. The van der Waals surface area contributed by atoms with Crippen LogP contribution in [0.2, 0.25) is 0 Å². The minimum absolute atomic E-state index is 0.0558. The fraction of sp³-hybridized carbons (Fsp3) is 0.238. The molecule has 3 heterocycles. The predicted octanol–water partition coefficient (Wildman–Crippen LogP) is 3.68. The summed E-state index contributed by atoms with van der Waals surface area (Å²) < 4.78 is 44.5. The summed E-state index contributed by atoms with van der Waals surface area (Å²) in [6.45, 7) is 0. The molecule has 0 unspecified atom stereocenters. The van der Waals surface area contributed by atoms with E-state index in [9.17, 15) is 18.0 Å². The molecule has 3 N–H and O–H groups in total. The first kappa shape index (κ1) is 20.0. The number of nitrogen functional groups attached to an aromatic ring is 1. The maximum atomic E-state index is 12.6. The molecule has 5 rings (SSSR count). The molecule has 0 spiro atoms. The molecule has 32 heavy (non-hydrogen) atoms. The van der Waals surface area contributed by atoms with Crippen molar-refractivity contribution in [3.63, 3.8) is 0 Å². The van der Waals surface area contributed by atoms with Crippen LogP contribution in [0.25, 0.3) is 16.7 Å². The van der Waals surface area contributed by atoms with Gasteiger partial charge in [-0.1, -0.05) is 12.1 Å². The van der Waals surface area contributed by atoms with E-state index in [0.717, 1.165) is 41.7 Å². The quantitative estimate of drug-likeness (QED) is 0.499. The van der Waals surface area contributed by atoms with Crippen molar-refractivity contribution in [2.45, 2.75) is 31.9 Å². The van der Waals surface area contributed by atoms with E-state index in [-0.39, 0.29) is 6.42 Å². The van der Waals surface area contributed by atoms with E-state index in [1.165, 1.54) is 11.9 Å². The lowest BCUT2D eigenvalue weighted by molar-refractivity contribution is -0.141. The summed E-state index contributed by atoms with van der Waals surface area (Å²) in [5, 5.41) is 2.24. The van der Waals surface area contributed by atoms with Gasteiger partial charge in [-0.05, 0) is 42.5 Å². The van der Waals surface area contributed by atoms with Gasteiger partial charge in [0.15, 0.2) is 11.5 Å². The maximum absolute atomic E-state index is 12.6. The van der Waals surface area contributed by atoms with E-state index in [1.54, 1.807) is 12.1 Å². The minimum Gasteiger partial charge on any atom is -0.431 e. The molecule has 1 aromatic carbocycles. The van der Waals surface area contributed by atoms with Gasteiger partial charge in [-0.15, -0.1) is 0 Å². The summed E-state index contributed by atoms with van der Waals surface area (Å²) in [6, 6.07) is 6.78. The van der Waals surface area contributed by atoms with E-state index < -0.39 is 23.8 Å². The normalized spacial score (nSPS) is 13.5. The molecule has 11 heteroatoms. The number of nitrogens with two attached hydrogens (primary N) is 1. The molecule has 0 radical (unpaired) electrons. The van der Waals surface area contributed by atoms with Crippen LogP contribution in [-0.4, -0.2) is 25.4 Å². The minimum atomic E-state index is -4.64. The number of fused-ring (bicyclic) bond motifs is 3. The Morgan fingerprint density at radius 2 is 1.97 bits per heavy atom. The second kappa shape index (κ2) is 7.36. The van der Waals surface area contributed by atoms with Crippen LogP contribution in [0.4, 0.5) is 25.0 Å². The average molecular weight is 442 g/mol. The number of halogens is 3. The Kier molecular flexibility index (Phi) is 4.61. The number of anilines is 2. The standard InChI is InChI=1S/C21H17F3N6O2/c22-21(23,24)15-9-32-20(28-15)29-16(31)8-11-4-6-12(7-5-11)30-14-3-1-2-13(14)17-18(30)19(25)27-10-26-17/h4-7,9-10H,1-3,8H2,(H2,25,26,27)(H,28,29,31). The smallest absolute Gasteiger partial charge is 0.431 e. The van der Waals surface area contributed by atoms with Crippen molar-refractivity contribution in [1.82, 2.24) is 19.5 Å². The molecule has 3 aromatic heterocycles. The van der Waals surface area contributed by atoms with Crippen molar-refractivity contribution >= 4 is 28.8 Å². The van der Waals surface area contributed by atoms with Gasteiger partial charge in [-0.3, -0.25) is 10.1 Å². The fourth-order valence-corrected chi connectivity index (χ4v) is 4.06. The monoisotopic (exact) mass is 442 g/mol. The lowest BCUT2D eigenvalue weighted by Crippen LogP contribution is -2.15. The molecular formula is C21H17F3N6O2. The summed E-state index contributed by atoms with van der Waals surface area (Å²) in [7, 11) is 0. The predicted molar refractivity (Wildman–Crippen MR) is 109 cm³/mol. The Hall–Kier alpha value is -3.89. The Morgan fingerprint density at radius 3 is 2.69 bits per heavy atom. The van der Waals surface area contributed by atoms with Crippen molar-refractivity contribution in [2.75, 3.05) is 11.1 Å². The van der Waals surface area contributed by atoms with Crippen LogP contribution in [0, 0.1) is 0 Å². The van der Waals surface area contributed by atoms with Gasteiger partial charge in [0.05, 0.1) is 11.9 Å². The van der Waals surface area contributed by atoms with E-state index in [0.29, 0.717) is 17.6 Å². The maximum Gasteiger partial charge on any atom is 0.436 e. The van der Waals surface area contributed by atoms with Gasteiger partial charge in [0, 0.05) is 11.4 Å². The summed E-state index contributed by atoms with van der Waals surface area (Å²) in [6.07, 6.45) is 0.113. The van der Waals surface area contributed by atoms with Gasteiger partial charge < -0.3 is 14.7 Å². The third-order valence-corrected chi connectivity index (χ3v) is 5.42. The third-order valence-electron chi connectivity index (χ3n) is 5.42. The highest BCUT2D eigenvalue weighted by Crippen LogP contribution is 2.36. The van der Waals surface area contributed by atoms with Gasteiger partial charge in [-0.2, -0.15) is 18.2 Å². The number of aromatic nitrogens is 4. The van der Waals surface area contributed by atoms with Crippen molar-refractivity contribution in [3.8, 4) is 5.69 Å². The molecule has 0 bridgehead atoms. The molecule has 0 saturated carbocycles. The van der Waals surface area contributed by atoms with Crippen LogP contribution >= 0.6 is 0 Å². The number of amides is 1. The number of hydrogen-bond donors (Lipinski definition) is 2. The first-order valence-corrected chi connectivity index (χ1v) is 9.86. The third kappa shape index (κ3) is 3.45. The van der Waals surface area contributed by atoms with E-state index in [4.69, 9.17) is 5.73 Å². The number of oxazole rings is 1. The van der Waals surface area contributed by atoms with Crippen molar-refractivity contribution in [3.05, 3.63) is 59.4 Å². The van der Waals surface area contributed by atoms with Gasteiger partial charge in [-0.25, -0.2) is 9.97 Å².